The van der Waals surface area contributed by atoms with Crippen molar-refractivity contribution in [2.75, 3.05) is 43.0 Å². The molecule has 0 fully saturated rings. The monoisotopic (exact) mass is 1450 g/mol. The molecular formula is C96H74N16. The molecule has 538 valence electrons. The standard InChI is InChI=1S/C96H74N16/c97-66-6-8-68(9-7-66)99-70-14-16-72(17-15-70)101-74-22-24-76(25-23-74)103-78-30-32-80(33-31-78)105-82-38-40-84(41-39-82)107-86-46-48-88(49-47-86)109-90-54-56-92(57-55-90)111-94-62-64-96(65-63-94)112-95-60-58-93(59-61-95)110-91-52-50-89(51-53-91)108-87-44-42-85(43-45-87)106-83-36-34-81(35-37-83)104-79-28-26-77(27-29-79)102-75-20-18-73(19-21-75)100-71-12-10-69(11-13-71)98-67-4-2-1-3-5-67/h1-65,99,102,104-105,107,110,112H,97H2. The molecular weight excluding hydrogens is 1380 g/mol. The van der Waals surface area contributed by atoms with Gasteiger partial charge in [0.15, 0.2) is 0 Å². The van der Waals surface area contributed by atoms with Crippen molar-refractivity contribution < 1.29 is 0 Å². The van der Waals surface area contributed by atoms with Crippen molar-refractivity contribution in [3.05, 3.63) is 394 Å². The molecule has 16 heteroatoms. The molecule has 16 rings (SSSR count). The van der Waals surface area contributed by atoms with Crippen LogP contribution in [-0.4, -0.2) is 45.7 Å². The average molecular weight is 1450 g/mol. The molecule has 16 nitrogen and oxygen atoms in total. The van der Waals surface area contributed by atoms with Gasteiger partial charge in [0.1, 0.15) is 0 Å². The minimum atomic E-state index is 0.734. The van der Waals surface area contributed by atoms with Crippen LogP contribution in [0.5, 0.6) is 0 Å². The molecule has 0 heterocycles. The van der Waals surface area contributed by atoms with Crippen LogP contribution in [0.2, 0.25) is 0 Å². The van der Waals surface area contributed by atoms with Gasteiger partial charge in [-0.05, 0) is 376 Å². The predicted octanol–water partition coefficient (Wildman–Crippen LogP) is 25.4. The van der Waals surface area contributed by atoms with E-state index >= 15 is 0 Å². The number of allylic oxidation sites excluding steroid dienone is 16. The van der Waals surface area contributed by atoms with Gasteiger partial charge in [-0.2, -0.15) is 0 Å². The van der Waals surface area contributed by atoms with Crippen molar-refractivity contribution in [2.45, 2.75) is 0 Å². The van der Waals surface area contributed by atoms with E-state index in [1.807, 2.05) is 322 Å². The molecule has 9 N–H and O–H groups in total. The molecule has 0 spiro atoms. The molecule has 112 heavy (non-hydrogen) atoms. The van der Waals surface area contributed by atoms with E-state index in [1.54, 1.807) is 0 Å². The van der Waals surface area contributed by atoms with E-state index in [0.717, 1.165) is 177 Å². The lowest BCUT2D eigenvalue weighted by atomic mass is 10.1. The van der Waals surface area contributed by atoms with Crippen molar-refractivity contribution in [1.82, 2.24) is 0 Å². The lowest BCUT2D eigenvalue weighted by Crippen LogP contribution is -1.99. The van der Waals surface area contributed by atoms with Crippen LogP contribution in [0.1, 0.15) is 0 Å². The normalized spacial score (nSPS) is 13.1. The third-order valence-electron chi connectivity index (χ3n) is 17.9. The number of nitrogens with two attached hydrogens (primary N) is 1. The van der Waals surface area contributed by atoms with Gasteiger partial charge in [-0.15, -0.1) is 0 Å². The molecule has 12 aromatic carbocycles. The first-order chi connectivity index (χ1) is 55.1. The van der Waals surface area contributed by atoms with Crippen molar-refractivity contribution in [2.24, 2.45) is 39.9 Å². The Morgan fingerprint density at radius 1 is 0.134 bits per heavy atom. The van der Waals surface area contributed by atoms with Crippen molar-refractivity contribution >= 4 is 177 Å². The number of nitrogens with one attached hydrogen (secondary N) is 7. The predicted molar refractivity (Wildman–Crippen MR) is 475 cm³/mol. The summed E-state index contributed by atoms with van der Waals surface area (Å²) in [5.41, 5.74) is 33.9. The summed E-state index contributed by atoms with van der Waals surface area (Å²) in [5, 5.41) is 24.4. The molecule has 4 aliphatic rings. The highest BCUT2D eigenvalue weighted by Crippen LogP contribution is 2.32. The number of nitrogens with zero attached hydrogens (tertiary/aromatic N) is 8. The van der Waals surface area contributed by atoms with E-state index in [0.29, 0.717) is 0 Å². The molecule has 0 aromatic heterocycles. The summed E-state index contributed by atoms with van der Waals surface area (Å²) in [5.74, 6) is 0. The summed E-state index contributed by atoms with van der Waals surface area (Å²) < 4.78 is 0. The van der Waals surface area contributed by atoms with E-state index < -0.39 is 0 Å². The van der Waals surface area contributed by atoms with Crippen LogP contribution in [0, 0.1) is 0 Å². The van der Waals surface area contributed by atoms with Crippen LogP contribution in [0.3, 0.4) is 0 Å². The van der Waals surface area contributed by atoms with E-state index in [1.165, 1.54) is 0 Å². The number of aliphatic imine (C=N–C) groups is 8. The van der Waals surface area contributed by atoms with Gasteiger partial charge in [0.05, 0.1) is 91.2 Å². The van der Waals surface area contributed by atoms with Crippen LogP contribution in [0.25, 0.3) is 0 Å². The first kappa shape index (κ1) is 70.6. The molecule has 0 bridgehead atoms. The molecule has 0 saturated carbocycles. The molecule has 4 aliphatic carbocycles. The van der Waals surface area contributed by atoms with Gasteiger partial charge in [-0.25, -0.2) is 39.9 Å². The number of hydrogen-bond acceptors (Lipinski definition) is 16. The van der Waals surface area contributed by atoms with E-state index in [-0.39, 0.29) is 0 Å². The van der Waals surface area contributed by atoms with Crippen LogP contribution in [0.4, 0.5) is 131 Å². The summed E-state index contributed by atoms with van der Waals surface area (Å²) in [6.07, 6.45) is 31.7. The molecule has 0 saturated heterocycles. The first-order valence-corrected chi connectivity index (χ1v) is 36.6. The average Bonchev–Trinajstić information content (AvgIpc) is 0.752. The van der Waals surface area contributed by atoms with Crippen LogP contribution in [-0.2, 0) is 0 Å². The second-order valence-electron chi connectivity index (χ2n) is 26.4. The Bertz CT molecular complexity index is 5800. The maximum atomic E-state index is 5.82. The topological polar surface area (TPSA) is 209 Å². The van der Waals surface area contributed by atoms with Gasteiger partial charge in [-0.3, -0.25) is 0 Å². The van der Waals surface area contributed by atoms with Gasteiger partial charge in [0.2, 0.25) is 0 Å². The Morgan fingerprint density at radius 2 is 0.250 bits per heavy atom. The van der Waals surface area contributed by atoms with Crippen LogP contribution in [0.15, 0.2) is 434 Å². The maximum absolute atomic E-state index is 5.82. The molecule has 0 unspecified atom stereocenters. The van der Waals surface area contributed by atoms with Gasteiger partial charge in [0, 0.05) is 85.3 Å². The molecule has 0 radical (unpaired) electrons. The number of nitrogen functional groups attached to an aromatic ring is 1. The smallest absolute Gasteiger partial charge is 0.0638 e. The molecule has 12 aromatic rings. The Hall–Kier alpha value is -15.7. The fraction of sp³-hybridized carbons (Fsp3) is 0. The zero-order valence-corrected chi connectivity index (χ0v) is 60.7. The molecule has 0 aliphatic heterocycles. The third-order valence-corrected chi connectivity index (χ3v) is 17.9. The number of anilines is 15. The zero-order chi connectivity index (χ0) is 75.5. The lowest BCUT2D eigenvalue weighted by molar-refractivity contribution is 1.47. The minimum absolute atomic E-state index is 0.734. The highest BCUT2D eigenvalue weighted by Gasteiger charge is 2.10. The van der Waals surface area contributed by atoms with Crippen LogP contribution < -0.4 is 43.0 Å². The summed E-state index contributed by atoms with van der Waals surface area (Å²) in [6, 6.07) is 98.7. The summed E-state index contributed by atoms with van der Waals surface area (Å²) in [4.78, 5) is 38.5. The summed E-state index contributed by atoms with van der Waals surface area (Å²) in [6.45, 7) is 0. The Balaban J connectivity index is 0.431. The third kappa shape index (κ3) is 20.1. The van der Waals surface area contributed by atoms with Gasteiger partial charge < -0.3 is 43.0 Å². The Morgan fingerprint density at radius 3 is 0.393 bits per heavy atom. The fourth-order valence-corrected chi connectivity index (χ4v) is 12.1. The van der Waals surface area contributed by atoms with Crippen LogP contribution >= 0.6 is 0 Å². The van der Waals surface area contributed by atoms with E-state index in [9.17, 15) is 0 Å². The summed E-state index contributed by atoms with van der Waals surface area (Å²) >= 11 is 0. The molecule has 0 atom stereocenters. The van der Waals surface area contributed by atoms with Crippen molar-refractivity contribution in [1.29, 1.82) is 0 Å². The van der Waals surface area contributed by atoms with E-state index in [4.69, 9.17) is 40.7 Å². The van der Waals surface area contributed by atoms with Gasteiger partial charge >= 0.3 is 0 Å². The van der Waals surface area contributed by atoms with Gasteiger partial charge in [0.25, 0.3) is 0 Å². The van der Waals surface area contributed by atoms with Crippen molar-refractivity contribution in [3.63, 3.8) is 0 Å². The number of hydrogen-bond donors (Lipinski definition) is 8. The Labute approximate surface area is 650 Å². The number of rotatable bonds is 22. The second-order valence-corrected chi connectivity index (χ2v) is 26.4. The minimum Gasteiger partial charge on any atom is -0.399 e. The van der Waals surface area contributed by atoms with Gasteiger partial charge in [-0.1, -0.05) is 18.2 Å². The zero-order valence-electron chi connectivity index (χ0n) is 60.7. The number of para-hydroxylation sites is 1. The van der Waals surface area contributed by atoms with E-state index in [2.05, 4.69) is 115 Å². The molecule has 0 amide bonds. The second kappa shape index (κ2) is 34.3. The fourth-order valence-electron chi connectivity index (χ4n) is 12.1. The Kier molecular flexibility index (Phi) is 21.6. The largest absolute Gasteiger partial charge is 0.399 e. The SMILES string of the molecule is Nc1ccc(Nc2ccc(N=C3C=CC(=Nc4ccc(Nc5ccc(Nc6ccc(N=C7C=CC(=Nc8ccc(Nc9ccc(Nc%10ccc(N=C%11C=CC(=Nc%12ccc(Nc%13ccc(Nc%14ccc(N=C%15C=CC(=Nc%16ccccc%16)C=C%15)cc%14)cc%13)cc%12)C=C%11)cc%10)cc9)cc8)C=C7)cc6)cc5)cc4)C=C3)cc2)cc1. The maximum Gasteiger partial charge on any atom is 0.0638 e. The summed E-state index contributed by atoms with van der Waals surface area (Å²) in [7, 11) is 0. The lowest BCUT2D eigenvalue weighted by Gasteiger charge is -2.10. The highest BCUT2D eigenvalue weighted by molar-refractivity contribution is 6.22. The quantitative estimate of drug-likeness (QED) is 0.0241. The first-order valence-electron chi connectivity index (χ1n) is 36.6. The highest BCUT2D eigenvalue weighted by atomic mass is 14.9. The number of benzene rings is 12. The van der Waals surface area contributed by atoms with Crippen molar-refractivity contribution in [3.8, 4) is 0 Å².